The molecule has 18 heavy (non-hydrogen) atoms. The molecule has 0 bridgehead atoms. The first-order chi connectivity index (χ1) is 8.74. The zero-order chi connectivity index (χ0) is 13.0. The number of hydrogen-bond acceptors (Lipinski definition) is 3. The highest BCUT2D eigenvalue weighted by Gasteiger charge is 2.23. The van der Waals surface area contributed by atoms with E-state index >= 15 is 0 Å². The van der Waals surface area contributed by atoms with E-state index in [-0.39, 0.29) is 6.10 Å². The molecule has 1 aliphatic rings. The molecule has 0 saturated heterocycles. The second kappa shape index (κ2) is 5.91. The van der Waals surface area contributed by atoms with Gasteiger partial charge in [0.05, 0.1) is 6.54 Å². The van der Waals surface area contributed by atoms with Gasteiger partial charge < -0.3 is 19.7 Å². The lowest BCUT2D eigenvalue weighted by Crippen LogP contribution is -2.46. The Labute approximate surface area is 113 Å². The van der Waals surface area contributed by atoms with Crippen molar-refractivity contribution in [2.75, 3.05) is 26.7 Å². The molecule has 5 heteroatoms. The fraction of sp³-hybridized carbons (Fsp3) is 0.462. The second-order valence-corrected chi connectivity index (χ2v) is 4.48. The number of ether oxygens (including phenoxy) is 2. The number of thiocarbonyl (C=S) groups is 1. The van der Waals surface area contributed by atoms with Crippen LogP contribution in [0, 0.1) is 0 Å². The van der Waals surface area contributed by atoms with Gasteiger partial charge in [-0.2, -0.15) is 0 Å². The molecule has 0 radical (unpaired) electrons. The lowest BCUT2D eigenvalue weighted by Gasteiger charge is -2.31. The molecule has 4 nitrogen and oxygen atoms in total. The summed E-state index contributed by atoms with van der Waals surface area (Å²) in [6.45, 7) is 4.20. The van der Waals surface area contributed by atoms with Gasteiger partial charge in [0.2, 0.25) is 0 Å². The van der Waals surface area contributed by atoms with Crippen LogP contribution in [-0.4, -0.2) is 42.9 Å². The summed E-state index contributed by atoms with van der Waals surface area (Å²) in [5.41, 5.74) is 0. The van der Waals surface area contributed by atoms with E-state index in [1.165, 1.54) is 0 Å². The minimum absolute atomic E-state index is 0.00569. The SMILES string of the molecule is CCN(C[C@H]1COc2ccccc2O1)C(=S)NC. The van der Waals surface area contributed by atoms with Gasteiger partial charge in [-0.15, -0.1) is 0 Å². The predicted molar refractivity (Wildman–Crippen MR) is 75.3 cm³/mol. The van der Waals surface area contributed by atoms with E-state index < -0.39 is 0 Å². The van der Waals surface area contributed by atoms with Crippen molar-refractivity contribution >= 4 is 17.3 Å². The summed E-state index contributed by atoms with van der Waals surface area (Å²) in [6.07, 6.45) is 0.00569. The van der Waals surface area contributed by atoms with Crippen LogP contribution in [0.1, 0.15) is 6.92 Å². The molecule has 0 aliphatic carbocycles. The summed E-state index contributed by atoms with van der Waals surface area (Å²) in [7, 11) is 1.83. The van der Waals surface area contributed by atoms with Crippen molar-refractivity contribution < 1.29 is 9.47 Å². The van der Waals surface area contributed by atoms with Crippen molar-refractivity contribution in [2.45, 2.75) is 13.0 Å². The number of rotatable bonds is 3. The number of para-hydroxylation sites is 2. The first kappa shape index (κ1) is 13.0. The Balaban J connectivity index is 1.98. The molecule has 0 spiro atoms. The molecular weight excluding hydrogens is 248 g/mol. The molecule has 1 aromatic carbocycles. The summed E-state index contributed by atoms with van der Waals surface area (Å²) >= 11 is 5.24. The molecule has 1 heterocycles. The number of likely N-dealkylation sites (N-methyl/N-ethyl adjacent to an activating group) is 1. The van der Waals surface area contributed by atoms with Gasteiger partial charge in [-0.1, -0.05) is 12.1 Å². The third-order valence-corrected chi connectivity index (χ3v) is 3.34. The van der Waals surface area contributed by atoms with E-state index in [4.69, 9.17) is 21.7 Å². The van der Waals surface area contributed by atoms with Crippen LogP contribution in [0.5, 0.6) is 11.5 Å². The Kier molecular flexibility index (Phi) is 4.25. The van der Waals surface area contributed by atoms with Crippen LogP contribution >= 0.6 is 12.2 Å². The molecule has 0 fully saturated rings. The Morgan fingerprint density at radius 1 is 1.44 bits per heavy atom. The summed E-state index contributed by atoms with van der Waals surface area (Å²) < 4.78 is 11.6. The van der Waals surface area contributed by atoms with Crippen LogP contribution in [-0.2, 0) is 0 Å². The largest absolute Gasteiger partial charge is 0.486 e. The van der Waals surface area contributed by atoms with E-state index in [0.717, 1.165) is 29.7 Å². The van der Waals surface area contributed by atoms with E-state index in [0.29, 0.717) is 6.61 Å². The van der Waals surface area contributed by atoms with Gasteiger partial charge in [0, 0.05) is 13.6 Å². The zero-order valence-electron chi connectivity index (χ0n) is 10.7. The highest BCUT2D eigenvalue weighted by atomic mass is 32.1. The van der Waals surface area contributed by atoms with Gasteiger partial charge in [0.1, 0.15) is 6.61 Å². The fourth-order valence-corrected chi connectivity index (χ4v) is 2.12. The number of fused-ring (bicyclic) bond motifs is 1. The van der Waals surface area contributed by atoms with Crippen molar-refractivity contribution in [3.8, 4) is 11.5 Å². The first-order valence-electron chi connectivity index (χ1n) is 6.09. The smallest absolute Gasteiger partial charge is 0.168 e. The third kappa shape index (κ3) is 2.85. The molecule has 0 amide bonds. The van der Waals surface area contributed by atoms with Crippen LogP contribution in [0.4, 0.5) is 0 Å². The van der Waals surface area contributed by atoms with Crippen LogP contribution < -0.4 is 14.8 Å². The average Bonchev–Trinajstić information content (AvgIpc) is 2.43. The molecule has 1 N–H and O–H groups in total. The van der Waals surface area contributed by atoms with E-state index in [9.17, 15) is 0 Å². The molecule has 1 aromatic rings. The minimum atomic E-state index is 0.00569. The topological polar surface area (TPSA) is 33.7 Å². The summed E-state index contributed by atoms with van der Waals surface area (Å²) in [6, 6.07) is 7.73. The lowest BCUT2D eigenvalue weighted by molar-refractivity contribution is 0.0749. The first-order valence-corrected chi connectivity index (χ1v) is 6.50. The van der Waals surface area contributed by atoms with Gasteiger partial charge >= 0.3 is 0 Å². The highest BCUT2D eigenvalue weighted by Crippen LogP contribution is 2.30. The van der Waals surface area contributed by atoms with Crippen LogP contribution in [0.25, 0.3) is 0 Å². The van der Waals surface area contributed by atoms with Gasteiger partial charge in [0.15, 0.2) is 22.7 Å². The van der Waals surface area contributed by atoms with Crippen molar-refractivity contribution in [3.05, 3.63) is 24.3 Å². The lowest BCUT2D eigenvalue weighted by atomic mass is 10.2. The summed E-state index contributed by atoms with van der Waals surface area (Å²) in [4.78, 5) is 2.07. The Hall–Kier alpha value is -1.49. The standard InChI is InChI=1S/C13H18N2O2S/c1-3-15(13(18)14-2)8-10-9-16-11-6-4-5-7-12(11)17-10/h4-7,10H,3,8-9H2,1-2H3,(H,14,18)/t10-/m0/s1. The van der Waals surface area contributed by atoms with Crippen molar-refractivity contribution in [1.82, 2.24) is 10.2 Å². The fourth-order valence-electron chi connectivity index (χ4n) is 1.91. The molecule has 0 aromatic heterocycles. The second-order valence-electron chi connectivity index (χ2n) is 4.09. The minimum Gasteiger partial charge on any atom is -0.486 e. The van der Waals surface area contributed by atoms with Crippen LogP contribution in [0.2, 0.25) is 0 Å². The van der Waals surface area contributed by atoms with E-state index in [1.54, 1.807) is 0 Å². The van der Waals surface area contributed by atoms with E-state index in [1.807, 2.05) is 31.3 Å². The third-order valence-electron chi connectivity index (χ3n) is 2.87. The predicted octanol–water partition coefficient (Wildman–Crippen LogP) is 1.65. The number of benzene rings is 1. The molecule has 1 aliphatic heterocycles. The molecular formula is C13H18N2O2S. The molecule has 2 rings (SSSR count). The Bertz CT molecular complexity index is 425. The van der Waals surface area contributed by atoms with Gasteiger partial charge in [-0.25, -0.2) is 0 Å². The Morgan fingerprint density at radius 2 is 2.17 bits per heavy atom. The monoisotopic (exact) mass is 266 g/mol. The molecule has 98 valence electrons. The maximum absolute atomic E-state index is 5.90. The molecule has 0 saturated carbocycles. The summed E-state index contributed by atoms with van der Waals surface area (Å²) in [5, 5.41) is 3.72. The number of nitrogens with zero attached hydrogens (tertiary/aromatic N) is 1. The van der Waals surface area contributed by atoms with Crippen molar-refractivity contribution in [3.63, 3.8) is 0 Å². The van der Waals surface area contributed by atoms with Gasteiger partial charge in [-0.05, 0) is 31.3 Å². The normalized spacial score (nSPS) is 17.1. The number of hydrogen-bond donors (Lipinski definition) is 1. The average molecular weight is 266 g/mol. The molecule has 1 atom stereocenters. The van der Waals surface area contributed by atoms with Crippen molar-refractivity contribution in [1.29, 1.82) is 0 Å². The maximum Gasteiger partial charge on any atom is 0.168 e. The quantitative estimate of drug-likeness (QED) is 0.841. The van der Waals surface area contributed by atoms with Gasteiger partial charge in [-0.3, -0.25) is 0 Å². The summed E-state index contributed by atoms with van der Waals surface area (Å²) in [5.74, 6) is 1.62. The maximum atomic E-state index is 5.90. The van der Waals surface area contributed by atoms with Gasteiger partial charge in [0.25, 0.3) is 0 Å². The molecule has 0 unspecified atom stereocenters. The Morgan fingerprint density at radius 3 is 2.83 bits per heavy atom. The van der Waals surface area contributed by atoms with E-state index in [2.05, 4.69) is 17.1 Å². The highest BCUT2D eigenvalue weighted by molar-refractivity contribution is 7.80. The van der Waals surface area contributed by atoms with Crippen LogP contribution in [0.15, 0.2) is 24.3 Å². The zero-order valence-corrected chi connectivity index (χ0v) is 11.5. The number of nitrogens with one attached hydrogen (secondary N) is 1. The van der Waals surface area contributed by atoms with Crippen LogP contribution in [0.3, 0.4) is 0 Å². The van der Waals surface area contributed by atoms with Crippen molar-refractivity contribution in [2.24, 2.45) is 0 Å².